The summed E-state index contributed by atoms with van der Waals surface area (Å²) in [5, 5.41) is 5.91. The van der Waals surface area contributed by atoms with Gasteiger partial charge >= 0.3 is 0 Å². The number of rotatable bonds is 6. The zero-order valence-corrected chi connectivity index (χ0v) is 13.5. The minimum atomic E-state index is -0.581. The van der Waals surface area contributed by atoms with Gasteiger partial charge in [0.1, 0.15) is 10.3 Å². The van der Waals surface area contributed by atoms with E-state index < -0.39 is 5.91 Å². The van der Waals surface area contributed by atoms with Crippen molar-refractivity contribution >= 4 is 44.2 Å². The number of amides is 2. The SMILES string of the molecule is C=C=C=C(C(=O)NC=O)c1ccccc1CO/N=C(\C)I. The van der Waals surface area contributed by atoms with Crippen molar-refractivity contribution in [1.82, 2.24) is 5.32 Å². The molecule has 0 radical (unpaired) electrons. The van der Waals surface area contributed by atoms with Crippen molar-refractivity contribution in [3.05, 3.63) is 53.4 Å². The molecule has 0 bridgehead atoms. The third-order valence-electron chi connectivity index (χ3n) is 2.33. The van der Waals surface area contributed by atoms with Crippen LogP contribution < -0.4 is 5.32 Å². The van der Waals surface area contributed by atoms with E-state index in [9.17, 15) is 9.59 Å². The summed E-state index contributed by atoms with van der Waals surface area (Å²) in [7, 11) is 0. The standard InChI is InChI=1S/C15H13IN2O3/c1-3-6-14(15(20)17-10-19)13-8-5-4-7-12(13)9-21-18-11(2)16/h4-5,7-8,10H,1,9H2,2H3,(H,17,19,20)/b18-11+. The summed E-state index contributed by atoms with van der Waals surface area (Å²) in [5.41, 5.74) is 6.51. The Kier molecular flexibility index (Phi) is 7.18. The van der Waals surface area contributed by atoms with Crippen LogP contribution in [0.15, 0.2) is 47.5 Å². The van der Waals surface area contributed by atoms with Gasteiger partial charge < -0.3 is 4.84 Å². The number of carbonyl (C=O) groups excluding carboxylic acids is 2. The van der Waals surface area contributed by atoms with Gasteiger partial charge in [-0.1, -0.05) is 40.9 Å². The van der Waals surface area contributed by atoms with Gasteiger partial charge in [-0.15, -0.1) is 0 Å². The first-order chi connectivity index (χ1) is 10.1. The van der Waals surface area contributed by atoms with Gasteiger partial charge in [0.2, 0.25) is 6.41 Å². The van der Waals surface area contributed by atoms with Gasteiger partial charge in [0.25, 0.3) is 5.91 Å². The number of oxime groups is 1. The van der Waals surface area contributed by atoms with Gasteiger partial charge in [0.05, 0.1) is 5.57 Å². The number of benzene rings is 1. The number of carbonyl (C=O) groups is 2. The maximum absolute atomic E-state index is 11.9. The molecule has 1 N–H and O–H groups in total. The van der Waals surface area contributed by atoms with E-state index in [0.29, 0.717) is 12.0 Å². The molecular formula is C15H13IN2O3. The van der Waals surface area contributed by atoms with E-state index in [4.69, 9.17) is 4.84 Å². The summed E-state index contributed by atoms with van der Waals surface area (Å²) in [6, 6.07) is 7.11. The highest BCUT2D eigenvalue weighted by Crippen LogP contribution is 2.19. The molecule has 0 saturated heterocycles. The maximum Gasteiger partial charge on any atom is 0.266 e. The number of nitrogens with zero attached hydrogens (tertiary/aromatic N) is 1. The summed E-state index contributed by atoms with van der Waals surface area (Å²) in [6.07, 6.45) is 0.315. The van der Waals surface area contributed by atoms with Crippen LogP contribution >= 0.6 is 22.6 Å². The maximum atomic E-state index is 11.9. The Hall–Kier alpha value is -2.14. The largest absolute Gasteiger partial charge is 0.390 e. The third-order valence-corrected chi connectivity index (χ3v) is 2.52. The number of hydrogen-bond acceptors (Lipinski definition) is 4. The molecule has 0 atom stereocenters. The molecule has 21 heavy (non-hydrogen) atoms. The van der Waals surface area contributed by atoms with Crippen LogP contribution in [0, 0.1) is 0 Å². The van der Waals surface area contributed by atoms with Crippen LogP contribution in [0.3, 0.4) is 0 Å². The zero-order valence-electron chi connectivity index (χ0n) is 11.4. The van der Waals surface area contributed by atoms with Crippen LogP contribution in [0.25, 0.3) is 5.57 Å². The number of nitrogens with one attached hydrogen (secondary N) is 1. The van der Waals surface area contributed by atoms with Gasteiger partial charge in [0.15, 0.2) is 0 Å². The number of halogens is 1. The van der Waals surface area contributed by atoms with Crippen molar-refractivity contribution in [3.63, 3.8) is 0 Å². The third kappa shape index (κ3) is 5.39. The first kappa shape index (κ1) is 16.9. The van der Waals surface area contributed by atoms with Crippen molar-refractivity contribution < 1.29 is 14.4 Å². The summed E-state index contributed by atoms with van der Waals surface area (Å²) in [6.45, 7) is 5.39. The van der Waals surface area contributed by atoms with Crippen LogP contribution in [0.5, 0.6) is 0 Å². The summed E-state index contributed by atoms with van der Waals surface area (Å²) in [5.74, 6) is -0.581. The van der Waals surface area contributed by atoms with Crippen molar-refractivity contribution in [2.45, 2.75) is 13.5 Å². The molecule has 0 aliphatic heterocycles. The van der Waals surface area contributed by atoms with Crippen LogP contribution in [0.4, 0.5) is 0 Å². The smallest absolute Gasteiger partial charge is 0.266 e. The average Bonchev–Trinajstić information content (AvgIpc) is 2.45. The number of imide groups is 1. The zero-order chi connectivity index (χ0) is 15.7. The minimum absolute atomic E-state index is 0.159. The van der Waals surface area contributed by atoms with Crippen LogP contribution in [-0.4, -0.2) is 16.0 Å². The van der Waals surface area contributed by atoms with Crippen molar-refractivity contribution in [1.29, 1.82) is 0 Å². The molecule has 0 aliphatic carbocycles. The molecular weight excluding hydrogens is 383 g/mol. The molecule has 5 nitrogen and oxygen atoms in total. The highest BCUT2D eigenvalue weighted by molar-refractivity contribution is 14.1. The predicted molar refractivity (Wildman–Crippen MR) is 88.6 cm³/mol. The Labute approximate surface area is 136 Å². The van der Waals surface area contributed by atoms with Gasteiger partial charge in [-0.2, -0.15) is 0 Å². The van der Waals surface area contributed by atoms with E-state index >= 15 is 0 Å². The van der Waals surface area contributed by atoms with Crippen molar-refractivity contribution in [2.75, 3.05) is 0 Å². The average molecular weight is 396 g/mol. The van der Waals surface area contributed by atoms with Gasteiger partial charge in [-0.3, -0.25) is 14.9 Å². The van der Waals surface area contributed by atoms with E-state index in [1.807, 2.05) is 28.7 Å². The topological polar surface area (TPSA) is 67.8 Å². The molecule has 0 heterocycles. The van der Waals surface area contributed by atoms with E-state index in [1.54, 1.807) is 25.1 Å². The molecule has 0 saturated carbocycles. The fourth-order valence-corrected chi connectivity index (χ4v) is 1.68. The molecule has 2 amide bonds. The van der Waals surface area contributed by atoms with Gasteiger partial charge in [0, 0.05) is 11.1 Å². The summed E-state index contributed by atoms with van der Waals surface area (Å²) < 4.78 is 0.755. The van der Waals surface area contributed by atoms with Crippen LogP contribution in [0.2, 0.25) is 0 Å². The summed E-state index contributed by atoms with van der Waals surface area (Å²) in [4.78, 5) is 27.5. The first-order valence-corrected chi connectivity index (χ1v) is 6.98. The fraction of sp³-hybridized carbons (Fsp3) is 0.133. The lowest BCUT2D eigenvalue weighted by molar-refractivity contribution is -0.121. The molecule has 108 valence electrons. The second kappa shape index (κ2) is 8.92. The molecule has 6 heteroatoms. The Morgan fingerprint density at radius 3 is 2.86 bits per heavy atom. The molecule has 0 fully saturated rings. The molecule has 0 aliphatic rings. The second-order valence-electron chi connectivity index (χ2n) is 3.79. The van der Waals surface area contributed by atoms with Gasteiger partial charge in [-0.05, 0) is 36.1 Å². The Bertz CT molecular complexity index is 651. The van der Waals surface area contributed by atoms with E-state index in [2.05, 4.69) is 28.5 Å². The fourth-order valence-electron chi connectivity index (χ4n) is 1.54. The highest BCUT2D eigenvalue weighted by Gasteiger charge is 2.15. The Balaban J connectivity index is 3.18. The first-order valence-electron chi connectivity index (χ1n) is 5.90. The van der Waals surface area contributed by atoms with Crippen molar-refractivity contribution in [2.24, 2.45) is 5.16 Å². The highest BCUT2D eigenvalue weighted by atomic mass is 127. The molecule has 0 spiro atoms. The number of hydrogen-bond donors (Lipinski definition) is 1. The second-order valence-corrected chi connectivity index (χ2v) is 5.35. The van der Waals surface area contributed by atoms with Crippen LogP contribution in [-0.2, 0) is 21.0 Å². The normalized spacial score (nSPS) is 10.1. The monoisotopic (exact) mass is 396 g/mol. The van der Waals surface area contributed by atoms with Gasteiger partial charge in [-0.25, -0.2) is 0 Å². The lowest BCUT2D eigenvalue weighted by atomic mass is 10.00. The predicted octanol–water partition coefficient (Wildman–Crippen LogP) is 2.57. The molecule has 1 aromatic carbocycles. The van der Waals surface area contributed by atoms with Crippen molar-refractivity contribution in [3.8, 4) is 0 Å². The summed E-state index contributed by atoms with van der Waals surface area (Å²) >= 11 is 2.03. The molecule has 0 unspecified atom stereocenters. The lowest BCUT2D eigenvalue weighted by Crippen LogP contribution is -2.22. The molecule has 0 aromatic heterocycles. The Morgan fingerprint density at radius 1 is 1.52 bits per heavy atom. The minimum Gasteiger partial charge on any atom is -0.390 e. The van der Waals surface area contributed by atoms with E-state index in [0.717, 1.165) is 9.28 Å². The molecule has 1 rings (SSSR count). The molecule has 1 aromatic rings. The van der Waals surface area contributed by atoms with Crippen LogP contribution in [0.1, 0.15) is 18.1 Å². The Morgan fingerprint density at radius 2 is 2.24 bits per heavy atom. The van der Waals surface area contributed by atoms with E-state index in [1.165, 1.54) is 0 Å². The van der Waals surface area contributed by atoms with E-state index in [-0.39, 0.29) is 12.2 Å². The lowest BCUT2D eigenvalue weighted by Gasteiger charge is -2.09. The quantitative estimate of drug-likeness (QED) is 0.201.